The summed E-state index contributed by atoms with van der Waals surface area (Å²) in [5.74, 6) is -1.41. The minimum absolute atomic E-state index is 0.292. The molecule has 1 heterocycles. The maximum atomic E-state index is 12.7. The molecule has 1 aliphatic heterocycles. The molecular weight excluding hydrogens is 308 g/mol. The van der Waals surface area contributed by atoms with E-state index in [1.165, 1.54) is 0 Å². The summed E-state index contributed by atoms with van der Waals surface area (Å²) in [4.78, 5) is 23.7. The second-order valence-electron chi connectivity index (χ2n) is 5.40. The van der Waals surface area contributed by atoms with Gasteiger partial charge in [-0.2, -0.15) is 0 Å². The smallest absolute Gasteiger partial charge is 0.306 e. The van der Waals surface area contributed by atoms with Crippen molar-refractivity contribution in [1.82, 2.24) is 5.01 Å². The maximum absolute atomic E-state index is 12.7. The zero-order valence-corrected chi connectivity index (χ0v) is 13.0. The summed E-state index contributed by atoms with van der Waals surface area (Å²) in [5.41, 5.74) is 1.65. The van der Waals surface area contributed by atoms with E-state index in [9.17, 15) is 9.59 Å². The summed E-state index contributed by atoms with van der Waals surface area (Å²) in [6.45, 7) is 0.651. The van der Waals surface area contributed by atoms with Crippen molar-refractivity contribution in [3.05, 3.63) is 60.7 Å². The summed E-state index contributed by atoms with van der Waals surface area (Å²) < 4.78 is 5.35. The van der Waals surface area contributed by atoms with Crippen molar-refractivity contribution >= 4 is 23.3 Å². The summed E-state index contributed by atoms with van der Waals surface area (Å²) in [7, 11) is 0. The fourth-order valence-electron chi connectivity index (χ4n) is 2.70. The minimum atomic E-state index is -1.05. The summed E-state index contributed by atoms with van der Waals surface area (Å²) >= 11 is 0. The van der Waals surface area contributed by atoms with Crippen molar-refractivity contribution in [1.29, 1.82) is 0 Å². The summed E-state index contributed by atoms with van der Waals surface area (Å²) in [5, 5.41) is 12.3. The Morgan fingerprint density at radius 1 is 1.08 bits per heavy atom. The van der Waals surface area contributed by atoms with Crippen LogP contribution in [0.1, 0.15) is 6.42 Å². The predicted molar refractivity (Wildman–Crippen MR) is 88.7 cm³/mol. The van der Waals surface area contributed by atoms with Gasteiger partial charge in [0.25, 0.3) is 5.91 Å². The number of carboxylic acid groups (broad SMARTS) is 1. The molecule has 0 saturated carbocycles. The second kappa shape index (κ2) is 7.14. The molecule has 0 spiro atoms. The van der Waals surface area contributed by atoms with Crippen molar-refractivity contribution in [2.24, 2.45) is 0 Å². The Morgan fingerprint density at radius 3 is 2.12 bits per heavy atom. The first-order chi connectivity index (χ1) is 11.7. The van der Waals surface area contributed by atoms with Crippen LogP contribution in [-0.2, 0) is 14.3 Å². The maximum Gasteiger partial charge on any atom is 0.306 e. The molecule has 2 aromatic rings. The Bertz CT molecular complexity index is 666. The average molecular weight is 326 g/mol. The average Bonchev–Trinajstić information content (AvgIpc) is 2.60. The molecule has 0 aliphatic carbocycles. The van der Waals surface area contributed by atoms with E-state index < -0.39 is 12.1 Å². The molecule has 24 heavy (non-hydrogen) atoms. The van der Waals surface area contributed by atoms with Crippen LogP contribution in [0.3, 0.4) is 0 Å². The van der Waals surface area contributed by atoms with E-state index in [0.29, 0.717) is 13.2 Å². The fraction of sp³-hybridized carbons (Fsp3) is 0.222. The molecule has 0 bridgehead atoms. The first-order valence-electron chi connectivity index (χ1n) is 7.72. The lowest BCUT2D eigenvalue weighted by Crippen LogP contribution is -2.55. The quantitative estimate of drug-likeness (QED) is 0.914. The van der Waals surface area contributed by atoms with Gasteiger partial charge in [-0.3, -0.25) is 14.6 Å². The van der Waals surface area contributed by atoms with Gasteiger partial charge in [0.05, 0.1) is 30.9 Å². The van der Waals surface area contributed by atoms with E-state index in [1.807, 2.05) is 60.7 Å². The Labute approximate surface area is 139 Å². The normalized spacial score (nSPS) is 17.6. The SMILES string of the molecule is O=C(O)CC1OCCN(N(c2ccccc2)c2ccccc2)C1=O. The molecule has 1 amide bonds. The van der Waals surface area contributed by atoms with Crippen LogP contribution >= 0.6 is 0 Å². The van der Waals surface area contributed by atoms with Crippen LogP contribution in [0.4, 0.5) is 11.4 Å². The second-order valence-corrected chi connectivity index (χ2v) is 5.40. The van der Waals surface area contributed by atoms with Gasteiger partial charge in [-0.15, -0.1) is 0 Å². The third-order valence-corrected chi connectivity index (χ3v) is 3.75. The van der Waals surface area contributed by atoms with E-state index in [2.05, 4.69) is 0 Å². The zero-order chi connectivity index (χ0) is 16.9. The number of para-hydroxylation sites is 2. The molecule has 1 unspecified atom stereocenters. The van der Waals surface area contributed by atoms with Gasteiger partial charge in [-0.05, 0) is 24.3 Å². The largest absolute Gasteiger partial charge is 0.481 e. The molecule has 1 atom stereocenters. The monoisotopic (exact) mass is 326 g/mol. The van der Waals surface area contributed by atoms with Crippen LogP contribution in [0.5, 0.6) is 0 Å². The number of nitrogens with zero attached hydrogens (tertiary/aromatic N) is 2. The third kappa shape index (κ3) is 3.38. The van der Waals surface area contributed by atoms with Crippen molar-refractivity contribution in [3.63, 3.8) is 0 Å². The van der Waals surface area contributed by atoms with Crippen molar-refractivity contribution in [3.8, 4) is 0 Å². The Hall–Kier alpha value is -2.86. The lowest BCUT2D eigenvalue weighted by Gasteiger charge is -2.40. The number of amides is 1. The molecule has 6 heteroatoms. The highest BCUT2D eigenvalue weighted by atomic mass is 16.5. The number of benzene rings is 2. The number of carbonyl (C=O) groups excluding carboxylic acids is 1. The van der Waals surface area contributed by atoms with E-state index in [-0.39, 0.29) is 12.3 Å². The predicted octanol–water partition coefficient (Wildman–Crippen LogP) is 2.44. The number of carbonyl (C=O) groups is 2. The molecule has 1 fully saturated rings. The van der Waals surface area contributed by atoms with Gasteiger partial charge >= 0.3 is 5.97 Å². The molecule has 1 N–H and O–H groups in total. The molecule has 1 saturated heterocycles. The van der Waals surface area contributed by atoms with Gasteiger partial charge in [-0.1, -0.05) is 36.4 Å². The van der Waals surface area contributed by atoms with Crippen LogP contribution in [0.25, 0.3) is 0 Å². The number of ether oxygens (including phenoxy) is 1. The van der Waals surface area contributed by atoms with E-state index in [1.54, 1.807) is 10.0 Å². The summed E-state index contributed by atoms with van der Waals surface area (Å²) in [6, 6.07) is 19.0. The number of rotatable bonds is 5. The van der Waals surface area contributed by atoms with Gasteiger partial charge in [0.1, 0.15) is 6.10 Å². The van der Waals surface area contributed by atoms with E-state index in [4.69, 9.17) is 9.84 Å². The highest BCUT2D eigenvalue weighted by molar-refractivity contribution is 5.88. The molecule has 2 aromatic carbocycles. The van der Waals surface area contributed by atoms with Crippen LogP contribution < -0.4 is 5.01 Å². The van der Waals surface area contributed by atoms with Gasteiger partial charge in [0.2, 0.25) is 0 Å². The van der Waals surface area contributed by atoms with Gasteiger partial charge < -0.3 is 9.84 Å². The minimum Gasteiger partial charge on any atom is -0.481 e. The number of hydrogen-bond donors (Lipinski definition) is 1. The summed E-state index contributed by atoms with van der Waals surface area (Å²) in [6.07, 6.45) is -1.31. The lowest BCUT2D eigenvalue weighted by atomic mass is 10.2. The number of aliphatic carboxylic acids is 1. The Kier molecular flexibility index (Phi) is 4.77. The molecular formula is C18H18N2O4. The Balaban J connectivity index is 1.96. The molecule has 6 nitrogen and oxygen atoms in total. The van der Waals surface area contributed by atoms with Crippen LogP contribution in [-0.4, -0.2) is 41.2 Å². The van der Waals surface area contributed by atoms with Gasteiger partial charge in [0, 0.05) is 0 Å². The number of hydrogen-bond acceptors (Lipinski definition) is 4. The standard InChI is InChI=1S/C18H18N2O4/c21-17(22)13-16-18(23)19(11-12-24-16)20(14-7-3-1-4-8-14)15-9-5-2-6-10-15/h1-10,16H,11-13H2,(H,21,22). The van der Waals surface area contributed by atoms with Crippen molar-refractivity contribution in [2.45, 2.75) is 12.5 Å². The van der Waals surface area contributed by atoms with Crippen LogP contribution in [0, 0.1) is 0 Å². The van der Waals surface area contributed by atoms with Gasteiger partial charge in [-0.25, -0.2) is 5.01 Å². The third-order valence-electron chi connectivity index (χ3n) is 3.75. The van der Waals surface area contributed by atoms with Crippen LogP contribution in [0.2, 0.25) is 0 Å². The fourth-order valence-corrected chi connectivity index (χ4v) is 2.70. The van der Waals surface area contributed by atoms with Crippen molar-refractivity contribution < 1.29 is 19.4 Å². The first-order valence-corrected chi connectivity index (χ1v) is 7.72. The van der Waals surface area contributed by atoms with Crippen molar-refractivity contribution in [2.75, 3.05) is 18.2 Å². The molecule has 1 aliphatic rings. The molecule has 0 aromatic heterocycles. The van der Waals surface area contributed by atoms with E-state index >= 15 is 0 Å². The molecule has 3 rings (SSSR count). The lowest BCUT2D eigenvalue weighted by molar-refractivity contribution is -0.159. The topological polar surface area (TPSA) is 70.1 Å². The zero-order valence-electron chi connectivity index (χ0n) is 13.0. The number of hydrazine groups is 1. The molecule has 0 radical (unpaired) electrons. The van der Waals surface area contributed by atoms with Crippen LogP contribution in [0.15, 0.2) is 60.7 Å². The first kappa shape index (κ1) is 16.0. The highest BCUT2D eigenvalue weighted by Gasteiger charge is 2.35. The van der Waals surface area contributed by atoms with Gasteiger partial charge in [0.15, 0.2) is 0 Å². The Morgan fingerprint density at radius 2 is 1.62 bits per heavy atom. The number of morpholine rings is 1. The number of carboxylic acids is 1. The number of anilines is 2. The molecule has 124 valence electrons. The highest BCUT2D eigenvalue weighted by Crippen LogP contribution is 2.29. The van der Waals surface area contributed by atoms with E-state index in [0.717, 1.165) is 11.4 Å².